The van der Waals surface area contributed by atoms with E-state index in [1.54, 1.807) is 24.3 Å². The number of aromatic nitrogens is 1. The predicted octanol–water partition coefficient (Wildman–Crippen LogP) is 4.88. The Bertz CT molecular complexity index is 1240. The normalized spacial score (nSPS) is 14.9. The van der Waals surface area contributed by atoms with Gasteiger partial charge in [-0.25, -0.2) is 9.19 Å². The Balaban J connectivity index is 1.59. The van der Waals surface area contributed by atoms with Gasteiger partial charge in [0.25, 0.3) is 0 Å². The third-order valence-corrected chi connectivity index (χ3v) is 6.44. The van der Waals surface area contributed by atoms with E-state index in [2.05, 4.69) is 20.5 Å². The topological polar surface area (TPSA) is 96.0 Å². The summed E-state index contributed by atoms with van der Waals surface area (Å²) in [6, 6.07) is 13.0. The minimum atomic E-state index is -4.65. The third kappa shape index (κ3) is 6.07. The number of morpholine rings is 1. The van der Waals surface area contributed by atoms with Crippen LogP contribution in [0.25, 0.3) is 0 Å². The minimum absolute atomic E-state index is 0.0907. The molecule has 2 heterocycles. The van der Waals surface area contributed by atoms with E-state index in [-0.39, 0.29) is 22.9 Å². The number of benzene rings is 2. The molecule has 3 N–H and O–H groups in total. The maximum Gasteiger partial charge on any atom is 0.419 e. The molecule has 1 saturated heterocycles. The summed E-state index contributed by atoms with van der Waals surface area (Å²) in [6.45, 7) is 2.67. The van der Waals surface area contributed by atoms with Crippen LogP contribution in [-0.4, -0.2) is 47.2 Å². The zero-order valence-corrected chi connectivity index (χ0v) is 20.2. The zero-order chi connectivity index (χ0) is 25.7. The highest BCUT2D eigenvalue weighted by Crippen LogP contribution is 2.37. The van der Waals surface area contributed by atoms with Gasteiger partial charge in [-0.2, -0.15) is 13.2 Å². The summed E-state index contributed by atoms with van der Waals surface area (Å²) in [5.41, 5.74) is 0.711. The first-order valence-corrected chi connectivity index (χ1v) is 12.1. The molecule has 0 spiro atoms. The van der Waals surface area contributed by atoms with E-state index in [0.717, 1.165) is 25.0 Å². The summed E-state index contributed by atoms with van der Waals surface area (Å²) < 4.78 is 72.9. The molecule has 1 unspecified atom stereocenters. The fraction of sp³-hybridized carbons (Fsp3) is 0.292. The van der Waals surface area contributed by atoms with Gasteiger partial charge in [-0.1, -0.05) is 18.2 Å². The van der Waals surface area contributed by atoms with E-state index in [1.807, 2.05) is 12.1 Å². The van der Waals surface area contributed by atoms with E-state index in [0.29, 0.717) is 30.2 Å². The first-order valence-electron chi connectivity index (χ1n) is 11.0. The average Bonchev–Trinajstić information content (AvgIpc) is 2.87. The number of pyridine rings is 1. The Labute approximate surface area is 208 Å². The van der Waals surface area contributed by atoms with Gasteiger partial charge >= 0.3 is 6.18 Å². The number of nitrogens with one attached hydrogen (secondary N) is 2. The van der Waals surface area contributed by atoms with Crippen LogP contribution in [-0.2, 0) is 28.5 Å². The number of anilines is 4. The molecule has 1 aliphatic rings. The van der Waals surface area contributed by atoms with Crippen molar-refractivity contribution in [2.75, 3.05) is 48.9 Å². The van der Waals surface area contributed by atoms with E-state index in [9.17, 15) is 21.9 Å². The van der Waals surface area contributed by atoms with Crippen LogP contribution in [0, 0.1) is 0 Å². The summed E-state index contributed by atoms with van der Waals surface area (Å²) in [4.78, 5) is 6.23. The summed E-state index contributed by atoms with van der Waals surface area (Å²) in [6.07, 6.45) is -3.90. The molecule has 1 fully saturated rings. The van der Waals surface area contributed by atoms with Crippen molar-refractivity contribution in [2.45, 2.75) is 17.6 Å². The molecule has 0 radical (unpaired) electrons. The van der Waals surface area contributed by atoms with E-state index in [1.165, 1.54) is 19.2 Å². The first kappa shape index (κ1) is 25.7. The van der Waals surface area contributed by atoms with E-state index < -0.39 is 22.8 Å². The Morgan fingerprint density at radius 1 is 1.14 bits per heavy atom. The third-order valence-electron chi connectivity index (χ3n) is 5.66. The van der Waals surface area contributed by atoms with Crippen LogP contribution < -0.4 is 20.3 Å². The first-order chi connectivity index (χ1) is 17.3. The quantitative estimate of drug-likeness (QED) is 0.360. The Morgan fingerprint density at radius 2 is 1.89 bits per heavy atom. The lowest BCUT2D eigenvalue weighted by Gasteiger charge is -2.29. The molecule has 1 atom stereocenters. The fourth-order valence-electron chi connectivity index (χ4n) is 3.85. The molecule has 2 aromatic carbocycles. The molecule has 0 bridgehead atoms. The molecule has 0 amide bonds. The second-order valence-corrected chi connectivity index (χ2v) is 8.87. The van der Waals surface area contributed by atoms with Crippen molar-refractivity contribution in [3.05, 3.63) is 65.9 Å². The molecular weight excluding hydrogens is 497 g/mol. The molecule has 8 nitrogen and oxygen atoms in total. The highest BCUT2D eigenvalue weighted by atomic mass is 32.2. The monoisotopic (exact) mass is 522 g/mol. The lowest BCUT2D eigenvalue weighted by Crippen LogP contribution is -2.36. The zero-order valence-electron chi connectivity index (χ0n) is 19.3. The number of hydrogen-bond donors (Lipinski definition) is 3. The van der Waals surface area contributed by atoms with Gasteiger partial charge in [-0.05, 0) is 23.8 Å². The van der Waals surface area contributed by atoms with Gasteiger partial charge in [0.1, 0.15) is 11.6 Å². The van der Waals surface area contributed by atoms with Gasteiger partial charge in [-0.15, -0.1) is 0 Å². The number of nitrogens with zero attached hydrogens (tertiary/aromatic N) is 2. The molecule has 0 aliphatic carbocycles. The minimum Gasteiger partial charge on any atom is -0.494 e. The van der Waals surface area contributed by atoms with Crippen LogP contribution in [0.15, 0.2) is 59.6 Å². The maximum atomic E-state index is 13.7. The molecule has 4 rings (SSSR count). The largest absolute Gasteiger partial charge is 0.494 e. The second-order valence-electron chi connectivity index (χ2n) is 7.93. The fourth-order valence-corrected chi connectivity index (χ4v) is 4.41. The number of alkyl halides is 3. The van der Waals surface area contributed by atoms with Crippen molar-refractivity contribution in [2.24, 2.45) is 0 Å². The molecular formula is C24H25F3N4O4S. The van der Waals surface area contributed by atoms with Crippen LogP contribution >= 0.6 is 0 Å². The number of rotatable bonds is 8. The van der Waals surface area contributed by atoms with Crippen LogP contribution in [0.4, 0.5) is 36.1 Å². The molecule has 0 saturated carbocycles. The van der Waals surface area contributed by atoms with Crippen LogP contribution in [0.1, 0.15) is 11.1 Å². The highest BCUT2D eigenvalue weighted by molar-refractivity contribution is 7.79. The number of ether oxygens (including phenoxy) is 2. The lowest BCUT2D eigenvalue weighted by molar-refractivity contribution is -0.137. The van der Waals surface area contributed by atoms with E-state index in [4.69, 9.17) is 9.47 Å². The molecule has 192 valence electrons. The van der Waals surface area contributed by atoms with Crippen molar-refractivity contribution >= 4 is 34.0 Å². The lowest BCUT2D eigenvalue weighted by atomic mass is 10.1. The Morgan fingerprint density at radius 3 is 2.58 bits per heavy atom. The van der Waals surface area contributed by atoms with Crippen molar-refractivity contribution in [1.29, 1.82) is 0 Å². The molecule has 3 aromatic rings. The van der Waals surface area contributed by atoms with Crippen molar-refractivity contribution in [1.82, 2.24) is 4.98 Å². The number of hydrogen-bond acceptors (Lipinski definition) is 7. The van der Waals surface area contributed by atoms with Gasteiger partial charge in [0.2, 0.25) is 0 Å². The summed E-state index contributed by atoms with van der Waals surface area (Å²) >= 11 is -2.27. The Kier molecular flexibility index (Phi) is 7.97. The predicted molar refractivity (Wildman–Crippen MR) is 131 cm³/mol. The summed E-state index contributed by atoms with van der Waals surface area (Å²) in [5, 5.41) is 5.77. The highest BCUT2D eigenvalue weighted by Gasteiger charge is 2.34. The van der Waals surface area contributed by atoms with Gasteiger partial charge in [0, 0.05) is 43.7 Å². The molecule has 1 aromatic heterocycles. The van der Waals surface area contributed by atoms with Gasteiger partial charge < -0.3 is 29.6 Å². The SMILES string of the molecule is COc1cc(N2CCOCC2)ccc1Nc1cc(NCc2ccccc2S(=O)O)c(C(F)(F)F)cn1. The van der Waals surface area contributed by atoms with Gasteiger partial charge in [0.05, 0.1) is 42.2 Å². The van der Waals surface area contributed by atoms with Crippen LogP contribution in [0.3, 0.4) is 0 Å². The van der Waals surface area contributed by atoms with Crippen LogP contribution in [0.5, 0.6) is 5.75 Å². The standard InChI is InChI=1S/C24H25F3N4O4S/c1-34-21-12-17(31-8-10-35-11-9-31)6-7-19(21)30-23-13-20(18(15-29-23)24(25,26)27)28-14-16-4-2-3-5-22(16)36(32)33/h2-7,12-13,15H,8-11,14H2,1H3,(H,32,33)(H2,28,29,30). The van der Waals surface area contributed by atoms with Crippen LogP contribution in [0.2, 0.25) is 0 Å². The average molecular weight is 523 g/mol. The summed E-state index contributed by atoms with van der Waals surface area (Å²) in [7, 11) is 1.51. The molecule has 12 heteroatoms. The smallest absolute Gasteiger partial charge is 0.419 e. The summed E-state index contributed by atoms with van der Waals surface area (Å²) in [5.74, 6) is 0.677. The number of methoxy groups -OCH3 is 1. The van der Waals surface area contributed by atoms with Crippen molar-refractivity contribution < 1.29 is 31.4 Å². The molecule has 36 heavy (non-hydrogen) atoms. The Hall–Kier alpha value is -3.35. The maximum absolute atomic E-state index is 13.7. The second kappa shape index (κ2) is 11.1. The van der Waals surface area contributed by atoms with Gasteiger partial charge in [-0.3, -0.25) is 0 Å². The molecule has 1 aliphatic heterocycles. The van der Waals surface area contributed by atoms with Crippen molar-refractivity contribution in [3.63, 3.8) is 0 Å². The van der Waals surface area contributed by atoms with Crippen molar-refractivity contribution in [3.8, 4) is 5.75 Å². The van der Waals surface area contributed by atoms with Gasteiger partial charge in [0.15, 0.2) is 11.1 Å². The van der Waals surface area contributed by atoms with E-state index >= 15 is 0 Å². The number of halogens is 3.